The fourth-order valence-corrected chi connectivity index (χ4v) is 4.15. The smallest absolute Gasteiger partial charge is 0.116 e. The van der Waals surface area contributed by atoms with E-state index in [0.29, 0.717) is 0 Å². The number of nitrogens with zero attached hydrogens (tertiary/aromatic N) is 2. The second-order valence-corrected chi connectivity index (χ2v) is 7.01. The first-order valence-corrected chi connectivity index (χ1v) is 8.86. The Bertz CT molecular complexity index is 621. The van der Waals surface area contributed by atoms with Crippen molar-refractivity contribution in [1.82, 2.24) is 14.9 Å². The summed E-state index contributed by atoms with van der Waals surface area (Å²) in [6.07, 6.45) is 4.85. The number of rotatable bonds is 4. The van der Waals surface area contributed by atoms with Gasteiger partial charge in [0.2, 0.25) is 0 Å². The third kappa shape index (κ3) is 2.64. The van der Waals surface area contributed by atoms with Crippen LogP contribution in [-0.2, 0) is 12.0 Å². The molecule has 1 N–H and O–H groups in total. The zero-order valence-electron chi connectivity index (χ0n) is 13.0. The Labute approximate surface area is 135 Å². The highest BCUT2D eigenvalue weighted by atomic mass is 79.9. The van der Waals surface area contributed by atoms with Crippen LogP contribution in [0.15, 0.2) is 22.7 Å². The molecule has 21 heavy (non-hydrogen) atoms. The van der Waals surface area contributed by atoms with Crippen molar-refractivity contribution in [2.24, 2.45) is 0 Å². The van der Waals surface area contributed by atoms with Gasteiger partial charge in [-0.05, 0) is 57.5 Å². The van der Waals surface area contributed by atoms with Gasteiger partial charge in [-0.1, -0.05) is 29.3 Å². The van der Waals surface area contributed by atoms with Crippen LogP contribution in [0.4, 0.5) is 0 Å². The average molecular weight is 350 g/mol. The van der Waals surface area contributed by atoms with Crippen LogP contribution in [0.3, 0.4) is 0 Å². The molecule has 0 spiro atoms. The molecule has 2 aromatic rings. The lowest BCUT2D eigenvalue weighted by atomic mass is 9.74. The summed E-state index contributed by atoms with van der Waals surface area (Å²) in [5, 5.41) is 3.50. The van der Waals surface area contributed by atoms with E-state index in [1.165, 1.54) is 37.0 Å². The van der Waals surface area contributed by atoms with Gasteiger partial charge in [-0.25, -0.2) is 4.98 Å². The van der Waals surface area contributed by atoms with Gasteiger partial charge >= 0.3 is 0 Å². The van der Waals surface area contributed by atoms with Crippen molar-refractivity contribution < 1.29 is 0 Å². The van der Waals surface area contributed by atoms with Gasteiger partial charge in [0, 0.05) is 16.4 Å². The van der Waals surface area contributed by atoms with Gasteiger partial charge in [0.1, 0.15) is 5.82 Å². The molecule has 1 aromatic heterocycles. The highest BCUT2D eigenvalue weighted by Gasteiger charge is 2.37. The zero-order valence-corrected chi connectivity index (χ0v) is 14.5. The summed E-state index contributed by atoms with van der Waals surface area (Å²) in [6.45, 7) is 7.73. The van der Waals surface area contributed by atoms with Crippen LogP contribution < -0.4 is 5.32 Å². The Balaban J connectivity index is 2.16. The Morgan fingerprint density at radius 1 is 1.29 bits per heavy atom. The summed E-state index contributed by atoms with van der Waals surface area (Å²) in [6, 6.07) is 6.46. The van der Waals surface area contributed by atoms with Crippen molar-refractivity contribution in [1.29, 1.82) is 0 Å². The summed E-state index contributed by atoms with van der Waals surface area (Å²) < 4.78 is 3.54. The van der Waals surface area contributed by atoms with Gasteiger partial charge in [0.25, 0.3) is 0 Å². The molecule has 0 unspecified atom stereocenters. The standard InChI is InChI=1S/C17H24BrN3/c1-3-7-17(8-10-19-11-9-17)16-20-14-12-13(18)5-6-15(14)21(16)4-2/h5-6,12,19H,3-4,7-11H2,1-2H3. The number of halogens is 1. The lowest BCUT2D eigenvalue weighted by molar-refractivity contribution is 0.264. The van der Waals surface area contributed by atoms with Gasteiger partial charge in [-0.2, -0.15) is 0 Å². The molecule has 3 nitrogen and oxygen atoms in total. The molecule has 1 aliphatic rings. The summed E-state index contributed by atoms with van der Waals surface area (Å²) in [7, 11) is 0. The first kappa shape index (κ1) is 15.0. The topological polar surface area (TPSA) is 29.9 Å². The molecule has 4 heteroatoms. The van der Waals surface area contributed by atoms with E-state index in [2.05, 4.69) is 57.9 Å². The van der Waals surface area contributed by atoms with E-state index in [-0.39, 0.29) is 5.41 Å². The molecule has 3 rings (SSSR count). The van der Waals surface area contributed by atoms with Crippen LogP contribution in [0.25, 0.3) is 11.0 Å². The summed E-state index contributed by atoms with van der Waals surface area (Å²) in [5.41, 5.74) is 2.64. The highest BCUT2D eigenvalue weighted by molar-refractivity contribution is 9.10. The number of hydrogen-bond donors (Lipinski definition) is 1. The van der Waals surface area contributed by atoms with Crippen LogP contribution in [0.5, 0.6) is 0 Å². The maximum absolute atomic E-state index is 5.06. The lowest BCUT2D eigenvalue weighted by Crippen LogP contribution is -2.41. The SMILES string of the molecule is CCCC1(c2nc3cc(Br)ccc3n2CC)CCNCC1. The molecule has 1 aromatic carbocycles. The van der Waals surface area contributed by atoms with Crippen molar-refractivity contribution in [3.63, 3.8) is 0 Å². The van der Waals surface area contributed by atoms with E-state index in [0.717, 1.165) is 29.6 Å². The molecule has 0 aliphatic carbocycles. The molecular formula is C17H24BrN3. The highest BCUT2D eigenvalue weighted by Crippen LogP contribution is 2.39. The van der Waals surface area contributed by atoms with Crippen LogP contribution >= 0.6 is 15.9 Å². The number of nitrogens with one attached hydrogen (secondary N) is 1. The molecule has 114 valence electrons. The number of aromatic nitrogens is 2. The Morgan fingerprint density at radius 2 is 2.05 bits per heavy atom. The maximum Gasteiger partial charge on any atom is 0.116 e. The molecule has 0 radical (unpaired) electrons. The van der Waals surface area contributed by atoms with Crippen molar-refractivity contribution in [2.45, 2.75) is 51.5 Å². The van der Waals surface area contributed by atoms with Crippen LogP contribution in [-0.4, -0.2) is 22.6 Å². The van der Waals surface area contributed by atoms with Crippen LogP contribution in [0, 0.1) is 0 Å². The number of imidazole rings is 1. The van der Waals surface area contributed by atoms with E-state index in [1.807, 2.05) is 0 Å². The molecule has 0 bridgehead atoms. The number of piperidine rings is 1. The minimum absolute atomic E-state index is 0.251. The minimum Gasteiger partial charge on any atom is -0.328 e. The van der Waals surface area contributed by atoms with Crippen LogP contribution in [0.1, 0.15) is 45.4 Å². The Kier molecular flexibility index (Phi) is 4.36. The molecule has 2 heterocycles. The van der Waals surface area contributed by atoms with E-state index < -0.39 is 0 Å². The quantitative estimate of drug-likeness (QED) is 0.894. The van der Waals surface area contributed by atoms with Crippen molar-refractivity contribution in [3.8, 4) is 0 Å². The predicted octanol–water partition coefficient (Wildman–Crippen LogP) is 4.24. The Hall–Kier alpha value is -0.870. The number of benzene rings is 1. The van der Waals surface area contributed by atoms with Crippen molar-refractivity contribution >= 4 is 27.0 Å². The monoisotopic (exact) mass is 349 g/mol. The zero-order chi connectivity index (χ0) is 14.9. The second-order valence-electron chi connectivity index (χ2n) is 6.09. The normalized spacial score (nSPS) is 18.2. The fourth-order valence-electron chi connectivity index (χ4n) is 3.80. The molecular weight excluding hydrogens is 326 g/mol. The molecule has 0 amide bonds. The summed E-state index contributed by atoms with van der Waals surface area (Å²) >= 11 is 3.57. The van der Waals surface area contributed by atoms with Gasteiger partial charge in [-0.15, -0.1) is 0 Å². The minimum atomic E-state index is 0.251. The average Bonchev–Trinajstić information content (AvgIpc) is 2.86. The maximum atomic E-state index is 5.06. The lowest BCUT2D eigenvalue weighted by Gasteiger charge is -2.37. The predicted molar refractivity (Wildman–Crippen MR) is 91.8 cm³/mol. The molecule has 1 aliphatic heterocycles. The van der Waals surface area contributed by atoms with E-state index in [1.54, 1.807) is 0 Å². The molecule has 1 fully saturated rings. The first-order chi connectivity index (χ1) is 10.2. The van der Waals surface area contributed by atoms with E-state index in [4.69, 9.17) is 4.98 Å². The molecule has 0 atom stereocenters. The van der Waals surface area contributed by atoms with Gasteiger partial charge in [-0.3, -0.25) is 0 Å². The van der Waals surface area contributed by atoms with E-state index in [9.17, 15) is 0 Å². The van der Waals surface area contributed by atoms with Crippen molar-refractivity contribution in [3.05, 3.63) is 28.5 Å². The Morgan fingerprint density at radius 3 is 2.71 bits per heavy atom. The fraction of sp³-hybridized carbons (Fsp3) is 0.588. The number of fused-ring (bicyclic) bond motifs is 1. The van der Waals surface area contributed by atoms with Crippen molar-refractivity contribution in [2.75, 3.05) is 13.1 Å². The van der Waals surface area contributed by atoms with E-state index >= 15 is 0 Å². The van der Waals surface area contributed by atoms with Gasteiger partial charge in [0.05, 0.1) is 11.0 Å². The second kappa shape index (κ2) is 6.09. The largest absolute Gasteiger partial charge is 0.328 e. The number of aryl methyl sites for hydroxylation is 1. The first-order valence-electron chi connectivity index (χ1n) is 8.07. The molecule has 0 saturated carbocycles. The van der Waals surface area contributed by atoms with Crippen LogP contribution in [0.2, 0.25) is 0 Å². The number of hydrogen-bond acceptors (Lipinski definition) is 2. The third-order valence-electron chi connectivity index (χ3n) is 4.79. The molecule has 1 saturated heterocycles. The van der Waals surface area contributed by atoms with Gasteiger partial charge in [0.15, 0.2) is 0 Å². The van der Waals surface area contributed by atoms with Gasteiger partial charge < -0.3 is 9.88 Å². The third-order valence-corrected chi connectivity index (χ3v) is 5.28. The summed E-state index contributed by atoms with van der Waals surface area (Å²) in [5.74, 6) is 1.31. The summed E-state index contributed by atoms with van der Waals surface area (Å²) in [4.78, 5) is 5.06.